The lowest BCUT2D eigenvalue weighted by Gasteiger charge is -2.16. The van der Waals surface area contributed by atoms with Crippen LogP contribution in [0.2, 0.25) is 0 Å². The third-order valence-electron chi connectivity index (χ3n) is 4.20. The van der Waals surface area contributed by atoms with E-state index in [9.17, 15) is 9.90 Å². The summed E-state index contributed by atoms with van der Waals surface area (Å²) in [6, 6.07) is 15.0. The molecule has 0 aromatic heterocycles. The van der Waals surface area contributed by atoms with E-state index < -0.39 is 5.97 Å². The van der Waals surface area contributed by atoms with Crippen molar-refractivity contribution in [2.45, 2.75) is 13.5 Å². The van der Waals surface area contributed by atoms with Crippen LogP contribution in [-0.4, -0.2) is 25.3 Å². The minimum Gasteiger partial charge on any atom is -0.507 e. The molecule has 0 amide bonds. The van der Waals surface area contributed by atoms with Gasteiger partial charge in [-0.25, -0.2) is 4.79 Å². The Morgan fingerprint density at radius 2 is 1.81 bits per heavy atom. The Morgan fingerprint density at radius 1 is 1.08 bits per heavy atom. The number of methoxy groups -OCH3 is 2. The molecular formula is C21H20O5. The van der Waals surface area contributed by atoms with Gasteiger partial charge in [0.05, 0.1) is 14.2 Å². The summed E-state index contributed by atoms with van der Waals surface area (Å²) in [6.07, 6.45) is 0. The number of rotatable bonds is 5. The lowest BCUT2D eigenvalue weighted by atomic mass is 9.98. The zero-order chi connectivity index (χ0) is 18.7. The molecule has 3 aromatic carbocycles. The Bertz CT molecular complexity index is 948. The largest absolute Gasteiger partial charge is 0.507 e. The first kappa shape index (κ1) is 17.6. The summed E-state index contributed by atoms with van der Waals surface area (Å²) in [5.74, 6) is 0.311. The average Bonchev–Trinajstić information content (AvgIpc) is 2.67. The Labute approximate surface area is 151 Å². The molecule has 0 unspecified atom stereocenters. The molecule has 0 heterocycles. The predicted octanol–water partition coefficient (Wildman–Crippen LogP) is 4.23. The van der Waals surface area contributed by atoms with Crippen LogP contribution in [0.4, 0.5) is 0 Å². The zero-order valence-corrected chi connectivity index (χ0v) is 14.9. The number of aryl methyl sites for hydroxylation is 1. The summed E-state index contributed by atoms with van der Waals surface area (Å²) in [6.45, 7) is 2.05. The molecule has 0 saturated carbocycles. The van der Waals surface area contributed by atoms with Gasteiger partial charge in [-0.3, -0.25) is 0 Å². The van der Waals surface area contributed by atoms with E-state index in [1.54, 1.807) is 32.2 Å². The maximum absolute atomic E-state index is 12.3. The van der Waals surface area contributed by atoms with Crippen molar-refractivity contribution in [2.75, 3.05) is 14.2 Å². The van der Waals surface area contributed by atoms with Gasteiger partial charge in [-0.1, -0.05) is 30.3 Å². The molecule has 0 saturated heterocycles. The van der Waals surface area contributed by atoms with Crippen LogP contribution >= 0.6 is 0 Å². The van der Waals surface area contributed by atoms with Crippen LogP contribution in [0.25, 0.3) is 10.8 Å². The van der Waals surface area contributed by atoms with Gasteiger partial charge in [0.2, 0.25) is 0 Å². The van der Waals surface area contributed by atoms with E-state index in [4.69, 9.17) is 14.2 Å². The van der Waals surface area contributed by atoms with Crippen LogP contribution in [0.3, 0.4) is 0 Å². The Morgan fingerprint density at radius 3 is 2.46 bits per heavy atom. The van der Waals surface area contributed by atoms with Crippen molar-refractivity contribution in [1.82, 2.24) is 0 Å². The van der Waals surface area contributed by atoms with Gasteiger partial charge in [0.15, 0.2) is 0 Å². The number of ether oxygens (including phenoxy) is 3. The third-order valence-corrected chi connectivity index (χ3v) is 4.20. The fourth-order valence-electron chi connectivity index (χ4n) is 2.88. The topological polar surface area (TPSA) is 65.0 Å². The molecule has 5 heteroatoms. The van der Waals surface area contributed by atoms with Crippen molar-refractivity contribution in [3.8, 4) is 17.2 Å². The zero-order valence-electron chi connectivity index (χ0n) is 14.9. The minimum atomic E-state index is -0.620. The van der Waals surface area contributed by atoms with Crippen LogP contribution in [-0.2, 0) is 11.3 Å². The van der Waals surface area contributed by atoms with Crippen LogP contribution in [0.1, 0.15) is 21.5 Å². The lowest BCUT2D eigenvalue weighted by molar-refractivity contribution is 0.0599. The number of phenols is 1. The molecule has 5 nitrogen and oxygen atoms in total. The lowest BCUT2D eigenvalue weighted by Crippen LogP contribution is -2.06. The summed E-state index contributed by atoms with van der Waals surface area (Å²) < 4.78 is 16.2. The highest BCUT2D eigenvalue weighted by molar-refractivity contribution is 6.10. The molecule has 0 spiro atoms. The first-order chi connectivity index (χ1) is 12.5. The molecule has 3 rings (SSSR count). The number of benzene rings is 3. The Balaban J connectivity index is 2.18. The number of phenolic OH excluding ortho intramolecular Hbond substituents is 1. The fraction of sp³-hybridized carbons (Fsp3) is 0.190. The van der Waals surface area contributed by atoms with Gasteiger partial charge in [0, 0.05) is 11.5 Å². The second kappa shape index (κ2) is 7.35. The average molecular weight is 352 g/mol. The molecule has 0 atom stereocenters. The number of fused-ring (bicyclic) bond motifs is 1. The van der Waals surface area contributed by atoms with Crippen molar-refractivity contribution < 1.29 is 24.1 Å². The van der Waals surface area contributed by atoms with Crippen molar-refractivity contribution in [3.05, 3.63) is 65.2 Å². The molecule has 0 aliphatic heterocycles. The van der Waals surface area contributed by atoms with Crippen LogP contribution < -0.4 is 9.47 Å². The number of hydrogen-bond acceptors (Lipinski definition) is 5. The number of carbonyl (C=O) groups is 1. The summed E-state index contributed by atoms with van der Waals surface area (Å²) in [5.41, 5.74) is 1.65. The maximum Gasteiger partial charge on any atom is 0.342 e. The highest BCUT2D eigenvalue weighted by Crippen LogP contribution is 2.40. The summed E-state index contributed by atoms with van der Waals surface area (Å²) >= 11 is 0. The number of carbonyl (C=O) groups excluding carboxylic acids is 1. The third kappa shape index (κ3) is 3.28. The highest BCUT2D eigenvalue weighted by Gasteiger charge is 2.22. The number of hydrogen-bond donors (Lipinski definition) is 1. The quantitative estimate of drug-likeness (QED) is 0.696. The molecule has 3 aromatic rings. The number of esters is 1. The van der Waals surface area contributed by atoms with E-state index >= 15 is 0 Å². The standard InChI is InChI=1S/C21H20O5/c1-13-9-15-10-16(24-2)11-17(26-12-14-7-5-4-6-8-14)18(15)19(20(13)22)21(23)25-3/h4-11,22H,12H2,1-3H3. The monoisotopic (exact) mass is 352 g/mol. The minimum absolute atomic E-state index is 0.0909. The molecule has 0 aliphatic carbocycles. The molecule has 26 heavy (non-hydrogen) atoms. The SMILES string of the molecule is COC(=O)c1c(O)c(C)cc2cc(OC)cc(OCc3ccccc3)c12. The van der Waals surface area contributed by atoms with Crippen molar-refractivity contribution in [3.63, 3.8) is 0 Å². The number of aromatic hydroxyl groups is 1. The first-order valence-corrected chi connectivity index (χ1v) is 8.14. The van der Waals surface area contributed by atoms with Crippen LogP contribution in [0.5, 0.6) is 17.2 Å². The first-order valence-electron chi connectivity index (χ1n) is 8.14. The highest BCUT2D eigenvalue weighted by atomic mass is 16.5. The second-order valence-electron chi connectivity index (χ2n) is 5.91. The molecular weight excluding hydrogens is 332 g/mol. The summed E-state index contributed by atoms with van der Waals surface area (Å²) in [7, 11) is 2.85. The van der Waals surface area contributed by atoms with E-state index in [2.05, 4.69) is 0 Å². The Kier molecular flexibility index (Phi) is 4.98. The van der Waals surface area contributed by atoms with Crippen molar-refractivity contribution >= 4 is 16.7 Å². The van der Waals surface area contributed by atoms with Crippen LogP contribution in [0.15, 0.2) is 48.5 Å². The molecule has 0 radical (unpaired) electrons. The Hall–Kier alpha value is -3.21. The molecule has 0 aliphatic rings. The van der Waals surface area contributed by atoms with E-state index in [1.165, 1.54) is 7.11 Å². The van der Waals surface area contributed by atoms with Gasteiger partial charge < -0.3 is 19.3 Å². The molecule has 0 bridgehead atoms. The van der Waals surface area contributed by atoms with Gasteiger partial charge in [0.25, 0.3) is 0 Å². The maximum atomic E-state index is 12.3. The normalized spacial score (nSPS) is 10.6. The van der Waals surface area contributed by atoms with E-state index in [-0.39, 0.29) is 11.3 Å². The van der Waals surface area contributed by atoms with Gasteiger partial charge in [-0.2, -0.15) is 0 Å². The van der Waals surface area contributed by atoms with Crippen LogP contribution in [0, 0.1) is 6.92 Å². The van der Waals surface area contributed by atoms with Gasteiger partial charge in [0.1, 0.15) is 29.4 Å². The fourth-order valence-corrected chi connectivity index (χ4v) is 2.88. The van der Waals surface area contributed by atoms with E-state index in [0.29, 0.717) is 29.1 Å². The molecule has 134 valence electrons. The van der Waals surface area contributed by atoms with E-state index in [1.807, 2.05) is 30.3 Å². The predicted molar refractivity (Wildman–Crippen MR) is 99.0 cm³/mol. The second-order valence-corrected chi connectivity index (χ2v) is 5.91. The van der Waals surface area contributed by atoms with E-state index in [0.717, 1.165) is 10.9 Å². The van der Waals surface area contributed by atoms with Gasteiger partial charge in [-0.15, -0.1) is 0 Å². The van der Waals surface area contributed by atoms with Crippen molar-refractivity contribution in [1.29, 1.82) is 0 Å². The summed E-state index contributed by atoms with van der Waals surface area (Å²) in [4.78, 5) is 12.3. The van der Waals surface area contributed by atoms with Gasteiger partial charge in [-0.05, 0) is 35.6 Å². The van der Waals surface area contributed by atoms with Crippen molar-refractivity contribution in [2.24, 2.45) is 0 Å². The van der Waals surface area contributed by atoms with Gasteiger partial charge >= 0.3 is 5.97 Å². The molecule has 0 fully saturated rings. The smallest absolute Gasteiger partial charge is 0.342 e. The summed E-state index contributed by atoms with van der Waals surface area (Å²) in [5, 5.41) is 11.7. The molecule has 1 N–H and O–H groups in total.